The number of nitrogens with zero attached hydrogens (tertiary/aromatic N) is 1. The fourth-order valence-electron chi connectivity index (χ4n) is 2.63. The summed E-state index contributed by atoms with van der Waals surface area (Å²) in [6.45, 7) is 7.21. The minimum atomic E-state index is -0.436. The van der Waals surface area contributed by atoms with Crippen LogP contribution in [0.15, 0.2) is 18.2 Å². The van der Waals surface area contributed by atoms with Gasteiger partial charge >= 0.3 is 5.97 Å². The van der Waals surface area contributed by atoms with E-state index in [9.17, 15) is 9.59 Å². The summed E-state index contributed by atoms with van der Waals surface area (Å²) in [6, 6.07) is 5.81. The molecule has 120 valence electrons. The third kappa shape index (κ3) is 4.44. The van der Waals surface area contributed by atoms with Crippen molar-refractivity contribution in [1.82, 2.24) is 0 Å². The molecule has 5 heteroatoms. The first kappa shape index (κ1) is 17.2. The Balaban J connectivity index is 2.02. The second kappa shape index (κ2) is 6.98. The van der Waals surface area contributed by atoms with Crippen LogP contribution in [0.2, 0.25) is 0 Å². The fraction of sp³-hybridized carbons (Fsp3) is 0.529. The number of hydrogen-bond donors (Lipinski definition) is 0. The van der Waals surface area contributed by atoms with Crippen LogP contribution in [-0.2, 0) is 9.53 Å². The standard InChI is InChI=1S/C17H22INO3/c1-17(2,3)22-16(21)12-6-8-19(9-7-12)15-10-14(18)5-4-13(15)11-20/h4-5,10-12H,6-9H2,1-3H3. The van der Waals surface area contributed by atoms with Crippen molar-refractivity contribution in [1.29, 1.82) is 0 Å². The number of rotatable bonds is 3. The van der Waals surface area contributed by atoms with E-state index in [1.165, 1.54) is 0 Å². The number of benzene rings is 1. The van der Waals surface area contributed by atoms with Gasteiger partial charge in [0.05, 0.1) is 5.92 Å². The van der Waals surface area contributed by atoms with Gasteiger partial charge in [-0.15, -0.1) is 0 Å². The van der Waals surface area contributed by atoms with Gasteiger partial charge < -0.3 is 9.64 Å². The maximum Gasteiger partial charge on any atom is 0.309 e. The van der Waals surface area contributed by atoms with Crippen LogP contribution in [0.3, 0.4) is 0 Å². The van der Waals surface area contributed by atoms with Gasteiger partial charge in [0, 0.05) is 27.9 Å². The lowest BCUT2D eigenvalue weighted by Gasteiger charge is -2.34. The summed E-state index contributed by atoms with van der Waals surface area (Å²) < 4.78 is 6.57. The molecule has 0 saturated carbocycles. The molecule has 1 aliphatic heterocycles. The van der Waals surface area contributed by atoms with Crippen molar-refractivity contribution < 1.29 is 14.3 Å². The quantitative estimate of drug-likeness (QED) is 0.430. The number of aldehydes is 1. The largest absolute Gasteiger partial charge is 0.460 e. The first-order chi connectivity index (χ1) is 10.3. The molecular weight excluding hydrogens is 393 g/mol. The van der Waals surface area contributed by atoms with E-state index in [4.69, 9.17) is 4.74 Å². The molecule has 2 rings (SSSR count). The van der Waals surface area contributed by atoms with E-state index in [0.717, 1.165) is 41.5 Å². The van der Waals surface area contributed by atoms with Crippen molar-refractivity contribution in [2.45, 2.75) is 39.2 Å². The predicted molar refractivity (Wildman–Crippen MR) is 95.3 cm³/mol. The maximum atomic E-state index is 12.1. The highest BCUT2D eigenvalue weighted by Gasteiger charge is 2.29. The molecule has 0 spiro atoms. The number of hydrogen-bond acceptors (Lipinski definition) is 4. The van der Waals surface area contributed by atoms with Gasteiger partial charge in [-0.2, -0.15) is 0 Å². The highest BCUT2D eigenvalue weighted by molar-refractivity contribution is 14.1. The molecular formula is C17H22INO3. The zero-order valence-corrected chi connectivity index (χ0v) is 15.4. The van der Waals surface area contributed by atoms with Crippen LogP contribution in [0.25, 0.3) is 0 Å². The van der Waals surface area contributed by atoms with Gasteiger partial charge in [0.1, 0.15) is 5.60 Å². The SMILES string of the molecule is CC(C)(C)OC(=O)C1CCN(c2cc(I)ccc2C=O)CC1. The lowest BCUT2D eigenvalue weighted by atomic mass is 9.95. The molecule has 0 unspecified atom stereocenters. The molecule has 1 saturated heterocycles. The minimum absolute atomic E-state index is 0.0436. The number of halogens is 1. The Morgan fingerprint density at radius 3 is 2.50 bits per heavy atom. The van der Waals surface area contributed by atoms with Crippen LogP contribution in [0.1, 0.15) is 44.0 Å². The molecule has 0 bridgehead atoms. The lowest BCUT2D eigenvalue weighted by Crippen LogP contribution is -2.39. The number of piperidine rings is 1. The van der Waals surface area contributed by atoms with Crippen LogP contribution in [-0.4, -0.2) is 30.9 Å². The van der Waals surface area contributed by atoms with Crippen molar-refractivity contribution in [3.05, 3.63) is 27.3 Å². The molecule has 0 amide bonds. The molecule has 1 aliphatic rings. The van der Waals surface area contributed by atoms with Crippen molar-refractivity contribution in [3.8, 4) is 0 Å². The third-order valence-electron chi connectivity index (χ3n) is 3.70. The number of ether oxygens (including phenoxy) is 1. The first-order valence-electron chi connectivity index (χ1n) is 7.52. The van der Waals surface area contributed by atoms with Crippen LogP contribution < -0.4 is 4.90 Å². The smallest absolute Gasteiger partial charge is 0.309 e. The van der Waals surface area contributed by atoms with E-state index >= 15 is 0 Å². The minimum Gasteiger partial charge on any atom is -0.460 e. The first-order valence-corrected chi connectivity index (χ1v) is 8.60. The summed E-state index contributed by atoms with van der Waals surface area (Å²) >= 11 is 2.25. The van der Waals surface area contributed by atoms with Crippen molar-refractivity contribution in [3.63, 3.8) is 0 Å². The Labute approximate surface area is 145 Å². The summed E-state index contributed by atoms with van der Waals surface area (Å²) in [5.74, 6) is -0.150. The zero-order valence-electron chi connectivity index (χ0n) is 13.3. The van der Waals surface area contributed by atoms with Gasteiger partial charge in [-0.3, -0.25) is 9.59 Å². The molecule has 4 nitrogen and oxygen atoms in total. The molecule has 0 radical (unpaired) electrons. The van der Waals surface area contributed by atoms with E-state index in [1.807, 2.05) is 39.0 Å². The summed E-state index contributed by atoms with van der Waals surface area (Å²) in [7, 11) is 0. The van der Waals surface area contributed by atoms with Crippen molar-refractivity contribution in [2.24, 2.45) is 5.92 Å². The van der Waals surface area contributed by atoms with E-state index < -0.39 is 5.60 Å². The summed E-state index contributed by atoms with van der Waals surface area (Å²) in [6.07, 6.45) is 2.42. The molecule has 0 N–H and O–H groups in total. The van der Waals surface area contributed by atoms with E-state index in [-0.39, 0.29) is 11.9 Å². The van der Waals surface area contributed by atoms with Gasteiger partial charge in [-0.1, -0.05) is 0 Å². The van der Waals surface area contributed by atoms with Crippen LogP contribution in [0, 0.1) is 9.49 Å². The van der Waals surface area contributed by atoms with E-state index in [2.05, 4.69) is 27.5 Å². The van der Waals surface area contributed by atoms with Crippen LogP contribution in [0.5, 0.6) is 0 Å². The average molecular weight is 415 g/mol. The summed E-state index contributed by atoms with van der Waals surface area (Å²) in [5.41, 5.74) is 1.23. The molecule has 0 aromatic heterocycles. The second-order valence-electron chi connectivity index (χ2n) is 6.62. The highest BCUT2D eigenvalue weighted by Crippen LogP contribution is 2.28. The molecule has 1 aromatic carbocycles. The summed E-state index contributed by atoms with van der Waals surface area (Å²) in [4.78, 5) is 25.5. The fourth-order valence-corrected chi connectivity index (χ4v) is 3.11. The number of esters is 1. The van der Waals surface area contributed by atoms with Crippen molar-refractivity contribution in [2.75, 3.05) is 18.0 Å². The van der Waals surface area contributed by atoms with Crippen molar-refractivity contribution >= 4 is 40.5 Å². The Hall–Kier alpha value is -1.11. The molecule has 1 heterocycles. The predicted octanol–water partition coefficient (Wildman–Crippen LogP) is 3.66. The summed E-state index contributed by atoms with van der Waals surface area (Å²) in [5, 5.41) is 0. The Morgan fingerprint density at radius 1 is 1.32 bits per heavy atom. The lowest BCUT2D eigenvalue weighted by molar-refractivity contribution is -0.160. The van der Waals surface area contributed by atoms with E-state index in [0.29, 0.717) is 5.56 Å². The second-order valence-corrected chi connectivity index (χ2v) is 7.86. The molecule has 0 aliphatic carbocycles. The monoisotopic (exact) mass is 415 g/mol. The van der Waals surface area contributed by atoms with Gasteiger partial charge in [-0.05, 0) is 74.4 Å². The van der Waals surface area contributed by atoms with Gasteiger partial charge in [0.25, 0.3) is 0 Å². The maximum absolute atomic E-state index is 12.1. The number of carbonyl (C=O) groups is 2. The number of anilines is 1. The van der Waals surface area contributed by atoms with Gasteiger partial charge in [-0.25, -0.2) is 0 Å². The average Bonchev–Trinajstić information content (AvgIpc) is 2.45. The molecule has 1 aromatic rings. The highest BCUT2D eigenvalue weighted by atomic mass is 127. The Bertz CT molecular complexity index is 558. The Morgan fingerprint density at radius 2 is 1.95 bits per heavy atom. The van der Waals surface area contributed by atoms with Gasteiger partial charge in [0.2, 0.25) is 0 Å². The normalized spacial score (nSPS) is 16.5. The van der Waals surface area contributed by atoms with Gasteiger partial charge in [0.15, 0.2) is 6.29 Å². The van der Waals surface area contributed by atoms with Crippen LogP contribution >= 0.6 is 22.6 Å². The Kier molecular flexibility index (Phi) is 5.47. The van der Waals surface area contributed by atoms with E-state index in [1.54, 1.807) is 0 Å². The molecule has 1 fully saturated rings. The molecule has 22 heavy (non-hydrogen) atoms. The zero-order chi connectivity index (χ0) is 16.3. The topological polar surface area (TPSA) is 46.6 Å². The van der Waals surface area contributed by atoms with Crippen LogP contribution in [0.4, 0.5) is 5.69 Å². The molecule has 0 atom stereocenters. The third-order valence-corrected chi connectivity index (χ3v) is 4.37. The number of carbonyl (C=O) groups excluding carboxylic acids is 2.